The Morgan fingerprint density at radius 1 is 1.42 bits per heavy atom. The molecule has 0 saturated heterocycles. The Hall–Kier alpha value is -1.86. The first kappa shape index (κ1) is 6.83. The largest absolute Gasteiger partial charge is 0.247 e. The summed E-state index contributed by atoms with van der Waals surface area (Å²) >= 11 is 0. The topological polar surface area (TPSA) is 36.7 Å². The quantitative estimate of drug-likeness (QED) is 0.484. The van der Waals surface area contributed by atoms with Crippen LogP contribution in [0.4, 0.5) is 0 Å². The number of nitrogens with zero attached hydrogens (tertiary/aromatic N) is 1. The molecule has 0 bridgehead atoms. The third-order valence-corrected chi connectivity index (χ3v) is 1.73. The van der Waals surface area contributed by atoms with Gasteiger partial charge in [-0.15, -0.1) is 0 Å². The minimum Gasteiger partial charge on any atom is -0.243 e. The summed E-state index contributed by atoms with van der Waals surface area (Å²) in [5, 5.41) is 0. The molecule has 0 aliphatic rings. The van der Waals surface area contributed by atoms with Gasteiger partial charge in [-0.3, -0.25) is 0 Å². The van der Waals surface area contributed by atoms with Gasteiger partial charge in [-0.1, -0.05) is 12.1 Å². The molecule has 0 atom stereocenters. The molecule has 0 radical (unpaired) electrons. The number of para-hydroxylation sites is 2. The fourth-order valence-corrected chi connectivity index (χ4v) is 1.19. The highest BCUT2D eigenvalue weighted by atomic mass is 16.1. The number of fused-ring (bicyclic) bond motifs is 1. The van der Waals surface area contributed by atoms with Crippen molar-refractivity contribution in [2.45, 2.75) is 0 Å². The van der Waals surface area contributed by atoms with Crippen LogP contribution in [0.2, 0.25) is 0 Å². The molecule has 1 aromatic heterocycles. The van der Waals surface area contributed by atoms with Crippen LogP contribution in [0.25, 0.3) is 17.2 Å². The molecular weight excluding hydrogens is 152 g/mol. The normalized spacial score (nSPS) is 9.67. The number of hydrogen-bond acceptors (Lipinski definition) is 1. The second-order valence-corrected chi connectivity index (χ2v) is 2.44. The van der Waals surface area contributed by atoms with Gasteiger partial charge in [0.1, 0.15) is 0 Å². The van der Waals surface area contributed by atoms with Crippen LogP contribution in [-0.4, -0.2) is 10.9 Å². The highest BCUT2D eigenvalue weighted by Gasteiger charge is 2.04. The average molecular weight is 159 g/mol. The van der Waals surface area contributed by atoms with Gasteiger partial charge in [-0.2, -0.15) is 4.57 Å². The Morgan fingerprint density at radius 3 is 3.08 bits per heavy atom. The van der Waals surface area contributed by atoms with Crippen LogP contribution in [0.3, 0.4) is 0 Å². The maximum atomic E-state index is 10.1. The maximum Gasteiger partial charge on any atom is 0.247 e. The Balaban J connectivity index is 2.78. The third kappa shape index (κ3) is 0.929. The van der Waals surface area contributed by atoms with Crippen molar-refractivity contribution >= 4 is 23.2 Å². The number of nitrogens with one attached hydrogen (secondary N) is 1. The first-order chi connectivity index (χ1) is 5.92. The molecule has 58 valence electrons. The van der Waals surface area contributed by atoms with E-state index < -0.39 is 0 Å². The van der Waals surface area contributed by atoms with Gasteiger partial charge in [0.2, 0.25) is 6.33 Å². The molecule has 1 heterocycles. The van der Waals surface area contributed by atoms with E-state index in [1.165, 1.54) is 6.20 Å². The number of carbonyl (C=O) groups excluding carboxylic acids is 1. The van der Waals surface area contributed by atoms with E-state index in [0.717, 1.165) is 11.0 Å². The van der Waals surface area contributed by atoms with Crippen LogP contribution in [0.15, 0.2) is 30.6 Å². The van der Waals surface area contributed by atoms with Crippen LogP contribution in [0, 0.1) is 0 Å². The molecule has 0 aliphatic carbocycles. The summed E-state index contributed by atoms with van der Waals surface area (Å²) < 4.78 is 1.70. The molecule has 0 amide bonds. The van der Waals surface area contributed by atoms with Crippen molar-refractivity contribution in [3.05, 3.63) is 30.6 Å². The monoisotopic (exact) mass is 159 g/mol. The molecule has 1 aromatic carbocycles. The number of imidazole rings is 1. The molecule has 0 unspecified atom stereocenters. The zero-order valence-corrected chi connectivity index (χ0v) is 6.32. The molecule has 3 nitrogen and oxygen atoms in total. The smallest absolute Gasteiger partial charge is 0.243 e. The lowest BCUT2D eigenvalue weighted by molar-refractivity contribution is -0.537. The lowest BCUT2D eigenvalue weighted by Gasteiger charge is -1.82. The van der Waals surface area contributed by atoms with E-state index in [1.54, 1.807) is 16.8 Å². The van der Waals surface area contributed by atoms with Gasteiger partial charge in [0, 0.05) is 0 Å². The first-order valence-corrected chi connectivity index (χ1v) is 3.60. The van der Waals surface area contributed by atoms with Crippen molar-refractivity contribution in [2.75, 3.05) is 0 Å². The number of rotatable bonds is 1. The minimum atomic E-state index is 0.973. The summed E-state index contributed by atoms with van der Waals surface area (Å²) in [4.78, 5) is 13.1. The Morgan fingerprint density at radius 2 is 2.25 bits per heavy atom. The van der Waals surface area contributed by atoms with Gasteiger partial charge in [-0.25, -0.2) is 9.78 Å². The highest BCUT2D eigenvalue weighted by Crippen LogP contribution is 2.04. The van der Waals surface area contributed by atoms with Gasteiger partial charge >= 0.3 is 0 Å². The zero-order valence-electron chi connectivity index (χ0n) is 6.32. The number of aromatic nitrogens is 2. The molecule has 0 spiro atoms. The van der Waals surface area contributed by atoms with Crippen molar-refractivity contribution in [3.63, 3.8) is 0 Å². The molecule has 12 heavy (non-hydrogen) atoms. The summed E-state index contributed by atoms with van der Waals surface area (Å²) in [6.07, 6.45) is 3.06. The number of hydrogen-bond donors (Lipinski definition) is 1. The second kappa shape index (κ2) is 2.64. The van der Waals surface area contributed by atoms with Crippen molar-refractivity contribution < 1.29 is 9.36 Å². The van der Waals surface area contributed by atoms with Gasteiger partial charge in [-0.05, 0) is 12.1 Å². The summed E-state index contributed by atoms with van der Waals surface area (Å²) in [5.41, 5.74) is 1.98. The van der Waals surface area contributed by atoms with E-state index in [2.05, 4.69) is 4.98 Å². The van der Waals surface area contributed by atoms with Gasteiger partial charge < -0.3 is 0 Å². The fraction of sp³-hybridized carbons (Fsp3) is 0. The van der Waals surface area contributed by atoms with Gasteiger partial charge in [0.15, 0.2) is 23.2 Å². The molecule has 0 saturated carbocycles. The maximum absolute atomic E-state index is 10.1. The molecule has 2 aromatic rings. The van der Waals surface area contributed by atoms with Crippen molar-refractivity contribution in [1.82, 2.24) is 4.98 Å². The highest BCUT2D eigenvalue weighted by molar-refractivity contribution is 5.72. The zero-order chi connectivity index (χ0) is 8.39. The molecule has 0 aliphatic heterocycles. The van der Waals surface area contributed by atoms with E-state index in [0.29, 0.717) is 0 Å². The summed E-state index contributed by atoms with van der Waals surface area (Å²) in [6.45, 7) is 0. The van der Waals surface area contributed by atoms with E-state index >= 15 is 0 Å². The summed E-state index contributed by atoms with van der Waals surface area (Å²) in [6, 6.07) is 7.74. The summed E-state index contributed by atoms with van der Waals surface area (Å²) in [5.74, 6) is 1.73. The first-order valence-electron chi connectivity index (χ1n) is 3.60. The number of benzene rings is 1. The predicted octanol–water partition coefficient (Wildman–Crippen LogP) is 0.758. The van der Waals surface area contributed by atoms with Crippen molar-refractivity contribution in [2.24, 2.45) is 0 Å². The van der Waals surface area contributed by atoms with E-state index in [1.807, 2.05) is 24.3 Å². The van der Waals surface area contributed by atoms with Crippen LogP contribution in [0.5, 0.6) is 0 Å². The lowest BCUT2D eigenvalue weighted by Crippen LogP contribution is -2.22. The van der Waals surface area contributed by atoms with Gasteiger partial charge in [0.25, 0.3) is 0 Å². The van der Waals surface area contributed by atoms with E-state index in [4.69, 9.17) is 0 Å². The average Bonchev–Trinajstić information content (AvgIpc) is 2.50. The third-order valence-electron chi connectivity index (χ3n) is 1.73. The van der Waals surface area contributed by atoms with Crippen molar-refractivity contribution in [1.29, 1.82) is 0 Å². The number of aromatic amines is 1. The molecule has 3 heteroatoms. The Kier molecular flexibility index (Phi) is 1.50. The van der Waals surface area contributed by atoms with E-state index in [-0.39, 0.29) is 0 Å². The van der Waals surface area contributed by atoms with Crippen LogP contribution in [0.1, 0.15) is 0 Å². The minimum absolute atomic E-state index is 0.973. The fourth-order valence-electron chi connectivity index (χ4n) is 1.19. The number of H-pyrrole nitrogens is 1. The van der Waals surface area contributed by atoms with Crippen LogP contribution in [-0.2, 0) is 4.79 Å². The Bertz CT molecular complexity index is 452. The Labute approximate surface area is 69.0 Å². The van der Waals surface area contributed by atoms with E-state index in [9.17, 15) is 4.79 Å². The second-order valence-electron chi connectivity index (χ2n) is 2.44. The molecule has 2 rings (SSSR count). The SMILES string of the molecule is O=C=C[n+]1c[nH]c2ccccc21. The van der Waals surface area contributed by atoms with Crippen molar-refractivity contribution in [3.8, 4) is 0 Å². The predicted molar refractivity (Wildman–Crippen MR) is 44.9 cm³/mol. The van der Waals surface area contributed by atoms with Gasteiger partial charge in [0.05, 0.1) is 0 Å². The van der Waals surface area contributed by atoms with Crippen LogP contribution >= 0.6 is 0 Å². The lowest BCUT2D eigenvalue weighted by atomic mass is 10.3. The van der Waals surface area contributed by atoms with Crippen LogP contribution < -0.4 is 4.57 Å². The summed E-state index contributed by atoms with van der Waals surface area (Å²) in [7, 11) is 0. The molecule has 0 fully saturated rings. The molecular formula is C9H7N2O+. The standard InChI is InChI=1S/C9H6N2O/c12-6-5-11-7-10-8-3-1-2-4-9(8)11/h1-5,7H/p+1. The molecule has 1 N–H and O–H groups in total.